The summed E-state index contributed by atoms with van der Waals surface area (Å²) in [5.41, 5.74) is 8.76. The Hall–Kier alpha value is -2.74. The molecule has 0 amide bonds. The van der Waals surface area contributed by atoms with Gasteiger partial charge in [-0.15, -0.1) is 0 Å². The molecule has 140 valence electrons. The van der Waals surface area contributed by atoms with Crippen LogP contribution in [-0.4, -0.2) is 0 Å². The van der Waals surface area contributed by atoms with Crippen LogP contribution < -0.4 is 0 Å². The van der Waals surface area contributed by atoms with E-state index in [0.29, 0.717) is 5.92 Å². The van der Waals surface area contributed by atoms with Crippen LogP contribution in [0.3, 0.4) is 0 Å². The SMILES string of the molecule is Fc1ccc(CCC2Cc3c(ccc4c3CCC=C4)-c3cc(F)ccc32)cc1. The predicted octanol–water partition coefficient (Wildman–Crippen LogP) is 6.86. The zero-order chi connectivity index (χ0) is 19.1. The van der Waals surface area contributed by atoms with Crippen LogP contribution in [0, 0.1) is 11.6 Å². The van der Waals surface area contributed by atoms with Gasteiger partial charge in [-0.1, -0.05) is 42.5 Å². The fourth-order valence-electron chi connectivity index (χ4n) is 4.81. The second-order valence-electron chi connectivity index (χ2n) is 7.90. The van der Waals surface area contributed by atoms with E-state index >= 15 is 0 Å². The smallest absolute Gasteiger partial charge is 0.123 e. The topological polar surface area (TPSA) is 0 Å². The van der Waals surface area contributed by atoms with Crippen molar-refractivity contribution in [3.63, 3.8) is 0 Å². The highest BCUT2D eigenvalue weighted by atomic mass is 19.1. The maximum atomic E-state index is 14.1. The molecule has 0 heterocycles. The first-order chi connectivity index (χ1) is 13.7. The molecule has 0 spiro atoms. The number of hydrogen-bond donors (Lipinski definition) is 0. The number of allylic oxidation sites excluding steroid dienone is 1. The Morgan fingerprint density at radius 3 is 2.50 bits per heavy atom. The fraction of sp³-hybridized carbons (Fsp3) is 0.231. The first-order valence-electron chi connectivity index (χ1n) is 10.0. The van der Waals surface area contributed by atoms with Crippen LogP contribution in [0.5, 0.6) is 0 Å². The van der Waals surface area contributed by atoms with Gasteiger partial charge in [0.15, 0.2) is 0 Å². The van der Waals surface area contributed by atoms with Crippen molar-refractivity contribution in [2.75, 3.05) is 0 Å². The highest BCUT2D eigenvalue weighted by Gasteiger charge is 2.27. The molecule has 1 atom stereocenters. The second kappa shape index (κ2) is 7.01. The third-order valence-corrected chi connectivity index (χ3v) is 6.22. The van der Waals surface area contributed by atoms with Gasteiger partial charge < -0.3 is 0 Å². The minimum Gasteiger partial charge on any atom is -0.207 e. The van der Waals surface area contributed by atoms with Crippen LogP contribution in [0.2, 0.25) is 0 Å². The van der Waals surface area contributed by atoms with Crippen molar-refractivity contribution in [3.05, 3.63) is 100 Å². The van der Waals surface area contributed by atoms with Crippen LogP contribution in [0.1, 0.15) is 46.6 Å². The zero-order valence-corrected chi connectivity index (χ0v) is 15.7. The Balaban J connectivity index is 1.54. The van der Waals surface area contributed by atoms with Gasteiger partial charge in [-0.2, -0.15) is 0 Å². The highest BCUT2D eigenvalue weighted by Crippen LogP contribution is 2.44. The Morgan fingerprint density at radius 1 is 0.821 bits per heavy atom. The average Bonchev–Trinajstić information content (AvgIpc) is 2.72. The van der Waals surface area contributed by atoms with Crippen molar-refractivity contribution in [1.29, 1.82) is 0 Å². The van der Waals surface area contributed by atoms with E-state index in [-0.39, 0.29) is 11.6 Å². The van der Waals surface area contributed by atoms with Crippen molar-refractivity contribution in [1.82, 2.24) is 0 Å². The normalized spacial score (nSPS) is 17.0. The summed E-state index contributed by atoms with van der Waals surface area (Å²) < 4.78 is 27.3. The van der Waals surface area contributed by atoms with Gasteiger partial charge >= 0.3 is 0 Å². The summed E-state index contributed by atoms with van der Waals surface area (Å²) in [5.74, 6) is -0.0251. The summed E-state index contributed by atoms with van der Waals surface area (Å²) in [7, 11) is 0. The lowest BCUT2D eigenvalue weighted by atomic mass is 9.73. The first kappa shape index (κ1) is 17.4. The molecule has 0 fully saturated rings. The summed E-state index contributed by atoms with van der Waals surface area (Å²) in [6.45, 7) is 0. The number of fused-ring (bicyclic) bond motifs is 5. The van der Waals surface area contributed by atoms with Crippen molar-refractivity contribution in [3.8, 4) is 11.1 Å². The molecule has 2 aliphatic rings. The lowest BCUT2D eigenvalue weighted by molar-refractivity contribution is 0.599. The van der Waals surface area contributed by atoms with Gasteiger partial charge in [0.05, 0.1) is 0 Å². The molecule has 0 saturated carbocycles. The van der Waals surface area contributed by atoms with Gasteiger partial charge in [0.2, 0.25) is 0 Å². The lowest BCUT2D eigenvalue weighted by Crippen LogP contribution is -2.16. The second-order valence-corrected chi connectivity index (χ2v) is 7.90. The van der Waals surface area contributed by atoms with Crippen LogP contribution >= 0.6 is 0 Å². The molecule has 0 radical (unpaired) electrons. The molecule has 3 aromatic carbocycles. The van der Waals surface area contributed by atoms with Crippen LogP contribution in [0.15, 0.2) is 60.7 Å². The van der Waals surface area contributed by atoms with Gasteiger partial charge in [-0.3, -0.25) is 0 Å². The summed E-state index contributed by atoms with van der Waals surface area (Å²) in [6, 6.07) is 16.4. The molecular weight excluding hydrogens is 350 g/mol. The van der Waals surface area contributed by atoms with Gasteiger partial charge in [-0.05, 0) is 101 Å². The number of hydrogen-bond acceptors (Lipinski definition) is 0. The van der Waals surface area contributed by atoms with E-state index in [4.69, 9.17) is 0 Å². The van der Waals surface area contributed by atoms with Crippen molar-refractivity contribution >= 4 is 6.08 Å². The largest absolute Gasteiger partial charge is 0.207 e. The Morgan fingerprint density at radius 2 is 1.64 bits per heavy atom. The van der Waals surface area contributed by atoms with Crippen molar-refractivity contribution in [2.24, 2.45) is 0 Å². The Kier molecular flexibility index (Phi) is 4.35. The lowest BCUT2D eigenvalue weighted by Gasteiger charge is -2.31. The standard InChI is InChI=1S/C26H22F2/c27-20-10-6-17(7-11-20)5-8-19-15-25-22-4-2-1-3-18(22)9-13-24(25)26-16-21(28)12-14-23(19)26/h1,3,6-7,9-14,16,19H,2,4-5,8,15H2. The van der Waals surface area contributed by atoms with Gasteiger partial charge in [0.1, 0.15) is 11.6 Å². The van der Waals surface area contributed by atoms with Gasteiger partial charge in [0, 0.05) is 0 Å². The number of aryl methyl sites for hydroxylation is 1. The first-order valence-corrected chi connectivity index (χ1v) is 10.0. The van der Waals surface area contributed by atoms with Crippen molar-refractivity contribution in [2.45, 2.75) is 38.0 Å². The van der Waals surface area contributed by atoms with Crippen LogP contribution in [-0.2, 0) is 19.3 Å². The molecule has 0 N–H and O–H groups in total. The quantitative estimate of drug-likeness (QED) is 0.471. The molecule has 0 nitrogen and oxygen atoms in total. The fourth-order valence-corrected chi connectivity index (χ4v) is 4.81. The molecule has 5 rings (SSSR count). The molecular formula is C26H22F2. The monoisotopic (exact) mass is 372 g/mol. The van der Waals surface area contributed by atoms with E-state index in [9.17, 15) is 8.78 Å². The number of halogens is 2. The average molecular weight is 372 g/mol. The van der Waals surface area contributed by atoms with Crippen LogP contribution in [0.25, 0.3) is 17.2 Å². The zero-order valence-electron chi connectivity index (χ0n) is 15.7. The van der Waals surface area contributed by atoms with Gasteiger partial charge in [-0.25, -0.2) is 8.78 Å². The molecule has 0 aromatic heterocycles. The van der Waals surface area contributed by atoms with Gasteiger partial charge in [0.25, 0.3) is 0 Å². The molecule has 2 aliphatic carbocycles. The van der Waals surface area contributed by atoms with E-state index < -0.39 is 0 Å². The van der Waals surface area contributed by atoms with E-state index in [0.717, 1.165) is 43.2 Å². The molecule has 2 heteroatoms. The minimum atomic E-state index is -0.198. The van der Waals surface area contributed by atoms with E-state index in [1.165, 1.54) is 39.9 Å². The van der Waals surface area contributed by atoms with E-state index in [1.807, 2.05) is 18.2 Å². The molecule has 0 bridgehead atoms. The van der Waals surface area contributed by atoms with E-state index in [1.54, 1.807) is 12.1 Å². The molecule has 0 aliphatic heterocycles. The third kappa shape index (κ3) is 3.07. The highest BCUT2D eigenvalue weighted by molar-refractivity contribution is 5.78. The minimum absolute atomic E-state index is 0.179. The third-order valence-electron chi connectivity index (χ3n) is 6.22. The summed E-state index contributed by atoms with van der Waals surface area (Å²) >= 11 is 0. The summed E-state index contributed by atoms with van der Waals surface area (Å²) in [5, 5.41) is 0. The summed E-state index contributed by atoms with van der Waals surface area (Å²) in [6.07, 6.45) is 9.44. The Bertz CT molecular complexity index is 1060. The summed E-state index contributed by atoms with van der Waals surface area (Å²) in [4.78, 5) is 0. The predicted molar refractivity (Wildman–Crippen MR) is 110 cm³/mol. The van der Waals surface area contributed by atoms with Crippen LogP contribution in [0.4, 0.5) is 8.78 Å². The molecule has 3 aromatic rings. The molecule has 28 heavy (non-hydrogen) atoms. The van der Waals surface area contributed by atoms with Crippen molar-refractivity contribution < 1.29 is 8.78 Å². The van der Waals surface area contributed by atoms with E-state index in [2.05, 4.69) is 24.3 Å². The molecule has 0 saturated heterocycles. The Labute approximate surface area is 164 Å². The maximum absolute atomic E-state index is 14.1. The maximum Gasteiger partial charge on any atom is 0.123 e. The number of rotatable bonds is 3. The molecule has 1 unspecified atom stereocenters. The number of benzene rings is 3.